The first kappa shape index (κ1) is 13.2. The van der Waals surface area contributed by atoms with Gasteiger partial charge in [0.25, 0.3) is 5.56 Å². The molecule has 0 saturated carbocycles. The highest BCUT2D eigenvalue weighted by Gasteiger charge is 2.20. The first-order valence-corrected chi connectivity index (χ1v) is 7.33. The lowest BCUT2D eigenvalue weighted by Gasteiger charge is -2.36. The number of aromatic amines is 1. The number of hydrogen-bond donors (Lipinski definition) is 1. The Morgan fingerprint density at radius 3 is 2.40 bits per heavy atom. The summed E-state index contributed by atoms with van der Waals surface area (Å²) in [5, 5.41) is 0. The van der Waals surface area contributed by atoms with Crippen LogP contribution >= 0.6 is 15.9 Å². The minimum absolute atomic E-state index is 0.138. The Morgan fingerprint density at radius 2 is 1.70 bits per heavy atom. The van der Waals surface area contributed by atoms with Gasteiger partial charge in [-0.15, -0.1) is 0 Å². The highest BCUT2D eigenvalue weighted by molar-refractivity contribution is 9.10. The molecule has 0 bridgehead atoms. The average molecular weight is 335 g/mol. The Labute approximate surface area is 125 Å². The molecular formula is C14H15BrN4O. The number of benzene rings is 1. The molecule has 6 heteroatoms. The number of nitrogens with zero attached hydrogens (tertiary/aromatic N) is 3. The Kier molecular flexibility index (Phi) is 3.73. The van der Waals surface area contributed by atoms with Crippen LogP contribution in [0.5, 0.6) is 0 Å². The Morgan fingerprint density at radius 1 is 1.05 bits per heavy atom. The van der Waals surface area contributed by atoms with Crippen molar-refractivity contribution in [2.45, 2.75) is 0 Å². The maximum atomic E-state index is 11.6. The van der Waals surface area contributed by atoms with Crippen LogP contribution in [-0.4, -0.2) is 36.1 Å². The van der Waals surface area contributed by atoms with Gasteiger partial charge in [0.05, 0.1) is 6.33 Å². The Hall–Kier alpha value is -1.82. The van der Waals surface area contributed by atoms with E-state index in [1.807, 2.05) is 6.07 Å². The lowest BCUT2D eigenvalue weighted by atomic mass is 10.2. The number of hydrogen-bond acceptors (Lipinski definition) is 4. The van der Waals surface area contributed by atoms with Crippen LogP contribution in [0.25, 0.3) is 0 Å². The molecule has 0 unspecified atom stereocenters. The van der Waals surface area contributed by atoms with E-state index in [1.54, 1.807) is 0 Å². The summed E-state index contributed by atoms with van der Waals surface area (Å²) < 4.78 is 0.508. The van der Waals surface area contributed by atoms with E-state index < -0.39 is 0 Å². The maximum absolute atomic E-state index is 11.6. The monoisotopic (exact) mass is 334 g/mol. The number of halogens is 1. The molecule has 5 nitrogen and oxygen atoms in total. The number of H-pyrrole nitrogens is 1. The lowest BCUT2D eigenvalue weighted by Crippen LogP contribution is -2.47. The summed E-state index contributed by atoms with van der Waals surface area (Å²) in [6.45, 7) is 3.55. The van der Waals surface area contributed by atoms with Crippen molar-refractivity contribution >= 4 is 27.4 Å². The quantitative estimate of drug-likeness (QED) is 0.910. The second-order valence-electron chi connectivity index (χ2n) is 4.68. The molecule has 2 heterocycles. The van der Waals surface area contributed by atoms with E-state index in [-0.39, 0.29) is 5.56 Å². The largest absolute Gasteiger partial charge is 0.368 e. The van der Waals surface area contributed by atoms with Crippen molar-refractivity contribution in [2.75, 3.05) is 36.0 Å². The minimum atomic E-state index is -0.138. The fraction of sp³-hybridized carbons (Fsp3) is 0.286. The third-order valence-corrected chi connectivity index (χ3v) is 4.19. The van der Waals surface area contributed by atoms with Gasteiger partial charge >= 0.3 is 0 Å². The van der Waals surface area contributed by atoms with E-state index in [2.05, 4.69) is 60.0 Å². The van der Waals surface area contributed by atoms with Gasteiger partial charge < -0.3 is 14.8 Å². The lowest BCUT2D eigenvalue weighted by molar-refractivity contribution is 0.645. The van der Waals surface area contributed by atoms with Gasteiger partial charge in [-0.3, -0.25) is 4.79 Å². The molecule has 1 aromatic carbocycles. The van der Waals surface area contributed by atoms with Crippen molar-refractivity contribution in [3.8, 4) is 0 Å². The number of rotatable bonds is 2. The molecule has 0 amide bonds. The van der Waals surface area contributed by atoms with Crippen LogP contribution in [0.4, 0.5) is 11.5 Å². The zero-order valence-electron chi connectivity index (χ0n) is 10.9. The summed E-state index contributed by atoms with van der Waals surface area (Å²) in [5.41, 5.74) is 1.10. The van der Waals surface area contributed by atoms with Crippen LogP contribution in [-0.2, 0) is 0 Å². The first-order valence-electron chi connectivity index (χ1n) is 6.54. The summed E-state index contributed by atoms with van der Waals surface area (Å²) in [5.74, 6) is 0.724. The third kappa shape index (κ3) is 2.56. The van der Waals surface area contributed by atoms with Gasteiger partial charge in [0.1, 0.15) is 10.3 Å². The van der Waals surface area contributed by atoms with Gasteiger partial charge in [-0.25, -0.2) is 4.98 Å². The SMILES string of the molecule is O=c1[nH]cnc(N2CCN(c3ccccc3)CC2)c1Br. The van der Waals surface area contributed by atoms with Gasteiger partial charge in [-0.05, 0) is 28.1 Å². The van der Waals surface area contributed by atoms with Crippen molar-refractivity contribution < 1.29 is 0 Å². The zero-order chi connectivity index (χ0) is 13.9. The zero-order valence-corrected chi connectivity index (χ0v) is 12.5. The van der Waals surface area contributed by atoms with Crippen LogP contribution in [0.3, 0.4) is 0 Å². The standard InChI is InChI=1S/C14H15BrN4O/c15-12-13(16-10-17-14(12)20)19-8-6-18(7-9-19)11-4-2-1-3-5-11/h1-5,10H,6-9H2,(H,16,17,20). The summed E-state index contributed by atoms with van der Waals surface area (Å²) in [7, 11) is 0. The molecule has 104 valence electrons. The van der Waals surface area contributed by atoms with Crippen LogP contribution in [0.1, 0.15) is 0 Å². The van der Waals surface area contributed by atoms with E-state index in [1.165, 1.54) is 12.0 Å². The smallest absolute Gasteiger partial charge is 0.267 e. The van der Waals surface area contributed by atoms with Gasteiger partial charge in [0.15, 0.2) is 0 Å². The predicted octanol–water partition coefficient (Wildman–Crippen LogP) is 1.86. The van der Waals surface area contributed by atoms with Crippen LogP contribution < -0.4 is 15.4 Å². The van der Waals surface area contributed by atoms with E-state index in [9.17, 15) is 4.79 Å². The molecule has 3 rings (SSSR count). The molecule has 0 radical (unpaired) electrons. The van der Waals surface area contributed by atoms with Gasteiger partial charge in [-0.1, -0.05) is 18.2 Å². The van der Waals surface area contributed by atoms with Gasteiger partial charge in [-0.2, -0.15) is 0 Å². The van der Waals surface area contributed by atoms with Gasteiger partial charge in [0, 0.05) is 31.9 Å². The molecule has 2 aromatic rings. The molecule has 1 N–H and O–H groups in total. The highest BCUT2D eigenvalue weighted by Crippen LogP contribution is 2.22. The molecule has 1 saturated heterocycles. The molecular weight excluding hydrogens is 320 g/mol. The number of nitrogens with one attached hydrogen (secondary N) is 1. The van der Waals surface area contributed by atoms with E-state index >= 15 is 0 Å². The topological polar surface area (TPSA) is 52.2 Å². The Bertz CT molecular complexity index is 635. The predicted molar refractivity (Wildman–Crippen MR) is 83.4 cm³/mol. The van der Waals surface area contributed by atoms with Crippen molar-refractivity contribution in [1.82, 2.24) is 9.97 Å². The van der Waals surface area contributed by atoms with E-state index in [0.717, 1.165) is 32.0 Å². The fourth-order valence-electron chi connectivity index (χ4n) is 2.41. The van der Waals surface area contributed by atoms with Crippen molar-refractivity contribution in [3.05, 3.63) is 51.5 Å². The third-order valence-electron chi connectivity index (χ3n) is 3.48. The number of para-hydroxylation sites is 1. The molecule has 0 atom stereocenters. The van der Waals surface area contributed by atoms with Crippen molar-refractivity contribution in [3.63, 3.8) is 0 Å². The van der Waals surface area contributed by atoms with Crippen molar-refractivity contribution in [1.29, 1.82) is 0 Å². The summed E-state index contributed by atoms with van der Waals surface area (Å²) in [6, 6.07) is 10.4. The molecule has 1 aliphatic heterocycles. The summed E-state index contributed by atoms with van der Waals surface area (Å²) >= 11 is 3.31. The normalized spacial score (nSPS) is 15.4. The highest BCUT2D eigenvalue weighted by atomic mass is 79.9. The number of aromatic nitrogens is 2. The average Bonchev–Trinajstić information content (AvgIpc) is 2.51. The molecule has 0 aliphatic carbocycles. The number of anilines is 2. The molecule has 1 aromatic heterocycles. The molecule has 0 spiro atoms. The van der Waals surface area contributed by atoms with Crippen LogP contribution in [0, 0.1) is 0 Å². The van der Waals surface area contributed by atoms with E-state index in [0.29, 0.717) is 4.47 Å². The second kappa shape index (κ2) is 5.66. The molecule has 1 aliphatic rings. The minimum Gasteiger partial charge on any atom is -0.368 e. The second-order valence-corrected chi connectivity index (χ2v) is 5.47. The first-order chi connectivity index (χ1) is 9.75. The van der Waals surface area contributed by atoms with E-state index in [4.69, 9.17) is 0 Å². The van der Waals surface area contributed by atoms with Gasteiger partial charge in [0.2, 0.25) is 0 Å². The van der Waals surface area contributed by atoms with Crippen molar-refractivity contribution in [2.24, 2.45) is 0 Å². The Balaban J connectivity index is 1.73. The molecule has 20 heavy (non-hydrogen) atoms. The summed E-state index contributed by atoms with van der Waals surface area (Å²) in [6.07, 6.45) is 1.45. The fourth-order valence-corrected chi connectivity index (χ4v) is 2.88. The summed E-state index contributed by atoms with van der Waals surface area (Å²) in [4.78, 5) is 22.9. The maximum Gasteiger partial charge on any atom is 0.267 e. The molecule has 1 fully saturated rings. The van der Waals surface area contributed by atoms with Crippen LogP contribution in [0.2, 0.25) is 0 Å². The number of piperazine rings is 1. The van der Waals surface area contributed by atoms with Crippen LogP contribution in [0.15, 0.2) is 45.9 Å².